The Kier molecular flexibility index (Phi) is 9.32. The van der Waals surface area contributed by atoms with Gasteiger partial charge in [-0.15, -0.1) is 0 Å². The molecule has 8 heteroatoms. The molecule has 0 spiro atoms. The summed E-state index contributed by atoms with van der Waals surface area (Å²) in [6.07, 6.45) is 0. The predicted octanol–water partition coefficient (Wildman–Crippen LogP) is -3.96. The van der Waals surface area contributed by atoms with Gasteiger partial charge >= 0.3 is 51.4 Å². The third kappa shape index (κ3) is 7.09. The van der Waals surface area contributed by atoms with Gasteiger partial charge in [-0.25, -0.2) is 0 Å². The van der Waals surface area contributed by atoms with Crippen molar-refractivity contribution in [3.05, 3.63) is 29.8 Å². The molecule has 0 bridgehead atoms. The summed E-state index contributed by atoms with van der Waals surface area (Å²) in [7, 11) is 0. The molecule has 19 heavy (non-hydrogen) atoms. The number of rotatable bonds is 5. The van der Waals surface area contributed by atoms with E-state index in [1.54, 1.807) is 12.1 Å². The normalized spacial score (nSPS) is 9.11. The van der Waals surface area contributed by atoms with E-state index >= 15 is 0 Å². The smallest absolute Gasteiger partial charge is 0.548 e. The van der Waals surface area contributed by atoms with E-state index in [0.717, 1.165) is 0 Å². The molecule has 0 radical (unpaired) electrons. The number of hydrogen-bond acceptors (Lipinski definition) is 5. The van der Waals surface area contributed by atoms with Gasteiger partial charge < -0.3 is 20.5 Å². The molecule has 0 heterocycles. The molecule has 0 aromatic heterocycles. The van der Waals surface area contributed by atoms with Crippen LogP contribution in [0.4, 0.5) is 5.69 Å². The van der Waals surface area contributed by atoms with Crippen molar-refractivity contribution in [2.24, 2.45) is 0 Å². The van der Waals surface area contributed by atoms with Crippen molar-refractivity contribution in [2.75, 3.05) is 17.6 Å². The van der Waals surface area contributed by atoms with Gasteiger partial charge in [0.2, 0.25) is 5.91 Å². The topological polar surface area (TPSA) is 98.3 Å². The quantitative estimate of drug-likeness (QED) is 0.382. The summed E-state index contributed by atoms with van der Waals surface area (Å²) in [5, 5.41) is 14.9. The zero-order valence-electron chi connectivity index (χ0n) is 10.3. The number of carboxylic acids is 1. The van der Waals surface area contributed by atoms with Crippen molar-refractivity contribution in [1.29, 1.82) is 0 Å². The minimum Gasteiger partial charge on any atom is -0.548 e. The number of thiol groups is 1. The summed E-state index contributed by atoms with van der Waals surface area (Å²) in [5.41, 5.74) is 0.684. The number of carbonyl (C=O) groups is 3. The SMILES string of the molecule is O=C([O-])CNC(=O)c1cccc(NC(=O)CS)c1.[K+]. The number of amides is 2. The van der Waals surface area contributed by atoms with Crippen LogP contribution in [0.3, 0.4) is 0 Å². The van der Waals surface area contributed by atoms with Crippen molar-refractivity contribution in [3.63, 3.8) is 0 Å². The Morgan fingerprint density at radius 3 is 2.53 bits per heavy atom. The first-order chi connectivity index (χ1) is 8.52. The number of anilines is 1. The summed E-state index contributed by atoms with van der Waals surface area (Å²) >= 11 is 3.80. The first-order valence-corrected chi connectivity index (χ1v) is 5.65. The van der Waals surface area contributed by atoms with Crippen LogP contribution in [-0.4, -0.2) is 30.1 Å². The monoisotopic (exact) mass is 306 g/mol. The summed E-state index contributed by atoms with van der Waals surface area (Å²) < 4.78 is 0. The molecule has 1 aromatic rings. The van der Waals surface area contributed by atoms with E-state index in [-0.39, 0.29) is 68.6 Å². The maximum Gasteiger partial charge on any atom is 1.00 e. The van der Waals surface area contributed by atoms with Crippen molar-refractivity contribution in [1.82, 2.24) is 5.32 Å². The molecular weight excluding hydrogens is 295 g/mol. The van der Waals surface area contributed by atoms with Gasteiger partial charge in [-0.05, 0) is 18.2 Å². The maximum atomic E-state index is 11.5. The van der Waals surface area contributed by atoms with Gasteiger partial charge in [0.25, 0.3) is 5.91 Å². The minimum atomic E-state index is -1.37. The van der Waals surface area contributed by atoms with E-state index in [1.165, 1.54) is 12.1 Å². The van der Waals surface area contributed by atoms with Gasteiger partial charge in [0.1, 0.15) is 0 Å². The van der Waals surface area contributed by atoms with E-state index in [9.17, 15) is 19.5 Å². The summed E-state index contributed by atoms with van der Waals surface area (Å²) in [4.78, 5) is 32.8. The zero-order valence-corrected chi connectivity index (χ0v) is 14.3. The number of hydrogen-bond donors (Lipinski definition) is 3. The molecule has 1 aromatic carbocycles. The fourth-order valence-corrected chi connectivity index (χ4v) is 1.27. The third-order valence-electron chi connectivity index (χ3n) is 1.95. The second-order valence-electron chi connectivity index (χ2n) is 3.34. The summed E-state index contributed by atoms with van der Waals surface area (Å²) in [6.45, 7) is -0.563. The predicted molar refractivity (Wildman–Crippen MR) is 66.3 cm³/mol. The number of carbonyl (C=O) groups excluding carboxylic acids is 3. The number of carboxylic acid groups (broad SMARTS) is 1. The van der Waals surface area contributed by atoms with Crippen LogP contribution in [0.5, 0.6) is 0 Å². The van der Waals surface area contributed by atoms with Crippen molar-refractivity contribution < 1.29 is 70.9 Å². The molecule has 2 N–H and O–H groups in total. The molecule has 1 rings (SSSR count). The number of aliphatic carboxylic acids is 1. The van der Waals surface area contributed by atoms with Gasteiger partial charge in [0, 0.05) is 11.3 Å². The average Bonchev–Trinajstić information content (AvgIpc) is 2.36. The minimum absolute atomic E-state index is 0. The van der Waals surface area contributed by atoms with Gasteiger partial charge in [0.05, 0.1) is 18.3 Å². The molecular formula is C11H11KN2O4S. The molecule has 0 atom stereocenters. The average molecular weight is 306 g/mol. The molecule has 0 aliphatic carbocycles. The largest absolute Gasteiger partial charge is 1.00 e. The van der Waals surface area contributed by atoms with Crippen LogP contribution in [0, 0.1) is 0 Å². The first kappa shape index (κ1) is 18.6. The molecule has 2 amide bonds. The van der Waals surface area contributed by atoms with Crippen molar-refractivity contribution in [3.8, 4) is 0 Å². The third-order valence-corrected chi connectivity index (χ3v) is 2.23. The van der Waals surface area contributed by atoms with Gasteiger partial charge in [-0.1, -0.05) is 6.07 Å². The van der Waals surface area contributed by atoms with Crippen LogP contribution in [0.25, 0.3) is 0 Å². The molecule has 0 fully saturated rings. The summed E-state index contributed by atoms with van der Waals surface area (Å²) in [6, 6.07) is 6.12. The molecule has 0 saturated heterocycles. The first-order valence-electron chi connectivity index (χ1n) is 5.01. The van der Waals surface area contributed by atoms with Crippen LogP contribution in [0.2, 0.25) is 0 Å². The Morgan fingerprint density at radius 2 is 1.95 bits per heavy atom. The Balaban J connectivity index is 0.00000324. The van der Waals surface area contributed by atoms with Crippen LogP contribution in [-0.2, 0) is 9.59 Å². The van der Waals surface area contributed by atoms with E-state index in [4.69, 9.17) is 0 Å². The Labute approximate surface area is 158 Å². The molecule has 0 aliphatic rings. The fraction of sp³-hybridized carbons (Fsp3) is 0.182. The Bertz CT molecular complexity index is 482. The maximum absolute atomic E-state index is 11.5. The molecule has 96 valence electrons. The van der Waals surface area contributed by atoms with Crippen LogP contribution < -0.4 is 67.1 Å². The van der Waals surface area contributed by atoms with Crippen LogP contribution in [0.1, 0.15) is 10.4 Å². The van der Waals surface area contributed by atoms with Gasteiger partial charge in [-0.3, -0.25) is 9.59 Å². The fourth-order valence-electron chi connectivity index (χ4n) is 1.19. The Morgan fingerprint density at radius 1 is 1.26 bits per heavy atom. The standard InChI is InChI=1S/C11H12N2O4S.K/c14-9(6-18)13-8-3-1-2-7(4-8)11(17)12-5-10(15)16;/h1-4,18H,5-6H2,(H,12,17)(H,13,14)(H,15,16);/q;+1/p-1. The van der Waals surface area contributed by atoms with Crippen molar-refractivity contribution >= 4 is 36.1 Å². The van der Waals surface area contributed by atoms with E-state index in [2.05, 4.69) is 23.3 Å². The Hall–Kier alpha value is -0.384. The second-order valence-corrected chi connectivity index (χ2v) is 3.66. The van der Waals surface area contributed by atoms with Crippen molar-refractivity contribution in [2.45, 2.75) is 0 Å². The summed E-state index contributed by atoms with van der Waals surface area (Å²) in [5.74, 6) is -2.20. The van der Waals surface area contributed by atoms with Crippen LogP contribution >= 0.6 is 12.6 Å². The van der Waals surface area contributed by atoms with E-state index in [0.29, 0.717) is 5.69 Å². The molecule has 0 saturated carbocycles. The van der Waals surface area contributed by atoms with E-state index in [1.807, 2.05) is 0 Å². The second kappa shape index (κ2) is 9.51. The zero-order chi connectivity index (χ0) is 13.5. The number of benzene rings is 1. The number of nitrogens with one attached hydrogen (secondary N) is 2. The molecule has 0 unspecified atom stereocenters. The van der Waals surface area contributed by atoms with Gasteiger partial charge in [0.15, 0.2) is 0 Å². The van der Waals surface area contributed by atoms with E-state index < -0.39 is 18.4 Å². The van der Waals surface area contributed by atoms with Crippen LogP contribution in [0.15, 0.2) is 24.3 Å². The molecule has 0 aliphatic heterocycles. The van der Waals surface area contributed by atoms with Gasteiger partial charge in [-0.2, -0.15) is 12.6 Å². The molecule has 6 nitrogen and oxygen atoms in total.